The smallest absolute Gasteiger partial charge is 0.0979 e. The zero-order valence-corrected chi connectivity index (χ0v) is 21.0. The monoisotopic (exact) mass is 504 g/mol. The first-order valence-electron chi connectivity index (χ1n) is 10.4. The summed E-state index contributed by atoms with van der Waals surface area (Å²) in [7, 11) is 1.64. The molecule has 0 aliphatic heterocycles. The Balaban J connectivity index is 0.000000332. The quantitative estimate of drug-likeness (QED) is 0.260. The Morgan fingerprint density at radius 1 is 0.879 bits per heavy atom. The van der Waals surface area contributed by atoms with Crippen molar-refractivity contribution in [2.75, 3.05) is 7.05 Å². The molecule has 0 fully saturated rings. The molecule has 3 aromatic carbocycles. The van der Waals surface area contributed by atoms with E-state index in [-0.39, 0.29) is 32.7 Å². The average Bonchev–Trinajstić information content (AvgIpc) is 3.39. The number of nitrogens with one attached hydrogen (secondary N) is 1. The summed E-state index contributed by atoms with van der Waals surface area (Å²) in [4.78, 5) is 8.42. The first kappa shape index (κ1) is 22.9. The van der Waals surface area contributed by atoms with Crippen LogP contribution in [0.3, 0.4) is 0 Å². The molecule has 0 saturated carbocycles. The summed E-state index contributed by atoms with van der Waals surface area (Å²) < 4.78 is 2.34. The minimum atomic E-state index is 0. The molecular weight excluding hydrogens is 483 g/mol. The summed E-state index contributed by atoms with van der Waals surface area (Å²) in [6, 6.07) is 27.4. The van der Waals surface area contributed by atoms with Crippen molar-refractivity contribution >= 4 is 50.0 Å². The van der Waals surface area contributed by atoms with Crippen molar-refractivity contribution in [1.82, 2.24) is 14.5 Å². The summed E-state index contributed by atoms with van der Waals surface area (Å²) in [6.45, 7) is 0. The van der Waals surface area contributed by atoms with Crippen molar-refractivity contribution < 1.29 is 32.7 Å². The number of pyridine rings is 1. The Kier molecular flexibility index (Phi) is 7.02. The van der Waals surface area contributed by atoms with Gasteiger partial charge in [-0.1, -0.05) is 54.6 Å². The molecule has 0 saturated heterocycles. The van der Waals surface area contributed by atoms with E-state index in [4.69, 9.17) is 10.4 Å². The summed E-state index contributed by atoms with van der Waals surface area (Å²) in [5.41, 5.74) is 6.76. The van der Waals surface area contributed by atoms with Crippen LogP contribution >= 0.6 is 0 Å². The number of benzene rings is 3. The number of fused-ring (bicyclic) bond motifs is 7. The van der Waals surface area contributed by atoms with Crippen molar-refractivity contribution in [3.05, 3.63) is 108 Å². The molecule has 0 unspecified atom stereocenters. The first-order valence-corrected chi connectivity index (χ1v) is 10.4. The van der Waals surface area contributed by atoms with E-state index in [1.165, 1.54) is 34.1 Å². The second kappa shape index (κ2) is 10.1. The molecule has 0 bridgehead atoms. The van der Waals surface area contributed by atoms with Gasteiger partial charge < -0.3 is 20.3 Å². The third kappa shape index (κ3) is 4.10. The number of para-hydroxylation sites is 3. The van der Waals surface area contributed by atoms with Crippen LogP contribution in [0.1, 0.15) is 0 Å². The van der Waals surface area contributed by atoms with Crippen LogP contribution in [0, 0.1) is 0 Å². The molecule has 6 heteroatoms. The molecule has 1 radical (unpaired) electrons. The molecule has 3 heterocycles. The molecule has 6 aromatic rings. The maximum atomic E-state index is 7.93. The average molecular weight is 504 g/mol. The fourth-order valence-electron chi connectivity index (χ4n) is 4.17. The Bertz CT molecular complexity index is 1580. The van der Waals surface area contributed by atoms with Gasteiger partial charge in [-0.25, -0.2) is 0 Å². The van der Waals surface area contributed by atoms with Gasteiger partial charge >= 0.3 is 0 Å². The van der Waals surface area contributed by atoms with Gasteiger partial charge in [0.2, 0.25) is 0 Å². The summed E-state index contributed by atoms with van der Waals surface area (Å²) >= 11 is 0. The predicted molar refractivity (Wildman–Crippen MR) is 136 cm³/mol. The molecular formula is C27H21N5Y-2. The third-order valence-electron chi connectivity index (χ3n) is 5.49. The number of aromatic nitrogens is 3. The second-order valence-corrected chi connectivity index (χ2v) is 7.35. The Morgan fingerprint density at radius 2 is 1.58 bits per heavy atom. The van der Waals surface area contributed by atoms with Crippen LogP contribution in [-0.4, -0.2) is 27.8 Å². The molecule has 1 N–H and O–H groups in total. The number of nitrogens with zero attached hydrogens (tertiary/aromatic N) is 4. The fourth-order valence-corrected chi connectivity index (χ4v) is 4.17. The predicted octanol–water partition coefficient (Wildman–Crippen LogP) is 6.95. The third-order valence-corrected chi connectivity index (χ3v) is 5.49. The molecule has 0 aliphatic carbocycles. The van der Waals surface area contributed by atoms with Gasteiger partial charge in [-0.2, -0.15) is 12.4 Å². The molecule has 159 valence electrons. The number of H-pyrrole nitrogens is 1. The maximum Gasteiger partial charge on any atom is 0.0979 e. The van der Waals surface area contributed by atoms with E-state index in [1.54, 1.807) is 7.05 Å². The van der Waals surface area contributed by atoms with Crippen LogP contribution in [0.4, 0.5) is 0 Å². The van der Waals surface area contributed by atoms with E-state index in [0.29, 0.717) is 0 Å². The molecule has 0 amide bonds. The second-order valence-electron chi connectivity index (χ2n) is 7.35. The SMILES string of the molecule is C[N-]/C=C\C=[N-].[Y].c1ccc(-n2c3ccccc3c3cnc4c5ccccc5[nH]c4c32)cc1. The molecule has 0 atom stereocenters. The largest absolute Gasteiger partial charge is 0.811 e. The van der Waals surface area contributed by atoms with Crippen LogP contribution in [-0.2, 0) is 32.7 Å². The number of allylic oxidation sites excluding steroid dienone is 1. The minimum absolute atomic E-state index is 0. The maximum absolute atomic E-state index is 7.93. The van der Waals surface area contributed by atoms with Crippen molar-refractivity contribution in [3.8, 4) is 5.69 Å². The summed E-state index contributed by atoms with van der Waals surface area (Å²) in [6.07, 6.45) is 5.90. The standard InChI is InChI=1S/C23H15N3.C4H6N2.Y/c1-2-8-15(9-3-1)26-20-13-7-5-10-16(20)18-14-24-21-17-11-4-6-12-19(17)25-22(21)23(18)26;1-6-4-2-3-5;/h1-14,25H;2-4H,1H3;/q;-2;/b;4-2-;. The van der Waals surface area contributed by atoms with Crippen LogP contribution in [0.25, 0.3) is 60.2 Å². The van der Waals surface area contributed by atoms with Gasteiger partial charge in [-0.05, 0) is 24.3 Å². The van der Waals surface area contributed by atoms with Crippen molar-refractivity contribution in [2.24, 2.45) is 0 Å². The Morgan fingerprint density at radius 3 is 2.30 bits per heavy atom. The number of hydrogen-bond acceptors (Lipinski definition) is 1. The van der Waals surface area contributed by atoms with Gasteiger partial charge in [0, 0.05) is 66.3 Å². The number of rotatable bonds is 3. The van der Waals surface area contributed by atoms with E-state index in [2.05, 4.69) is 93.7 Å². The van der Waals surface area contributed by atoms with E-state index in [1.807, 2.05) is 6.20 Å². The van der Waals surface area contributed by atoms with Gasteiger partial charge in [-0.3, -0.25) is 4.98 Å². The first-order chi connectivity index (χ1) is 15.8. The summed E-state index contributed by atoms with van der Waals surface area (Å²) in [5.74, 6) is 0. The van der Waals surface area contributed by atoms with Gasteiger partial charge in [-0.15, -0.1) is 13.1 Å². The number of hydrogen-bond donors (Lipinski definition) is 1. The van der Waals surface area contributed by atoms with E-state index in [0.717, 1.165) is 33.8 Å². The van der Waals surface area contributed by atoms with Crippen LogP contribution in [0.2, 0.25) is 0 Å². The molecule has 6 rings (SSSR count). The molecule has 33 heavy (non-hydrogen) atoms. The Labute approximate surface area is 216 Å². The molecule has 0 spiro atoms. The zero-order valence-electron chi connectivity index (χ0n) is 18.2. The van der Waals surface area contributed by atoms with Crippen molar-refractivity contribution in [1.29, 1.82) is 0 Å². The minimum Gasteiger partial charge on any atom is -0.811 e. The zero-order chi connectivity index (χ0) is 21.9. The van der Waals surface area contributed by atoms with E-state index < -0.39 is 0 Å². The molecule has 3 aromatic heterocycles. The van der Waals surface area contributed by atoms with Crippen LogP contribution < -0.4 is 0 Å². The normalized spacial score (nSPS) is 10.9. The van der Waals surface area contributed by atoms with Gasteiger partial charge in [0.05, 0.1) is 22.1 Å². The van der Waals surface area contributed by atoms with E-state index in [9.17, 15) is 0 Å². The van der Waals surface area contributed by atoms with Gasteiger partial charge in [0.25, 0.3) is 0 Å². The molecule has 0 aliphatic rings. The number of aromatic amines is 1. The van der Waals surface area contributed by atoms with Crippen molar-refractivity contribution in [3.63, 3.8) is 0 Å². The Hall–Kier alpha value is -3.28. The van der Waals surface area contributed by atoms with Gasteiger partial charge in [0.1, 0.15) is 0 Å². The molecule has 5 nitrogen and oxygen atoms in total. The van der Waals surface area contributed by atoms with E-state index >= 15 is 0 Å². The van der Waals surface area contributed by atoms with Crippen LogP contribution in [0.15, 0.2) is 97.3 Å². The fraction of sp³-hybridized carbons (Fsp3) is 0.0370. The van der Waals surface area contributed by atoms with Gasteiger partial charge in [0.15, 0.2) is 0 Å². The summed E-state index contributed by atoms with van der Waals surface area (Å²) in [5, 5.41) is 15.0. The topological polar surface area (TPSA) is 70.0 Å². The van der Waals surface area contributed by atoms with Crippen molar-refractivity contribution in [2.45, 2.75) is 0 Å². The van der Waals surface area contributed by atoms with Crippen LogP contribution in [0.5, 0.6) is 0 Å².